The number of carbonyl (C=O) groups is 1. The number of hydrogen-bond donors (Lipinski definition) is 1. The van der Waals surface area contributed by atoms with E-state index in [9.17, 15) is 18.0 Å². The first-order valence-electron chi connectivity index (χ1n) is 6.92. The lowest BCUT2D eigenvalue weighted by Crippen LogP contribution is -2.40. The molecule has 1 saturated carbocycles. The predicted molar refractivity (Wildman–Crippen MR) is 75.3 cm³/mol. The molecular formula is C15H17ClF3NO. The molecule has 2 rings (SSSR count). The van der Waals surface area contributed by atoms with Gasteiger partial charge >= 0.3 is 6.18 Å². The van der Waals surface area contributed by atoms with Gasteiger partial charge in [-0.2, -0.15) is 13.2 Å². The molecule has 1 aromatic carbocycles. The molecule has 0 bridgehead atoms. The lowest BCUT2D eigenvalue weighted by Gasteiger charge is -2.30. The summed E-state index contributed by atoms with van der Waals surface area (Å²) in [5, 5.41) is 2.81. The molecule has 1 fully saturated rings. The first kappa shape index (κ1) is 16.1. The van der Waals surface area contributed by atoms with Crippen LogP contribution in [0.1, 0.15) is 41.6 Å². The standard InChI is InChI=1S/C15H17ClF3NO/c16-9-10-1-3-11(4-2-10)14(21)20-13-7-5-12(6-8-13)15(17,18)19/h1-4,12-13H,5-9H2,(H,20,21). The summed E-state index contributed by atoms with van der Waals surface area (Å²) in [6.45, 7) is 0. The molecule has 21 heavy (non-hydrogen) atoms. The summed E-state index contributed by atoms with van der Waals surface area (Å²) in [6, 6.07) is 6.71. The van der Waals surface area contributed by atoms with Crippen LogP contribution in [0.25, 0.3) is 0 Å². The van der Waals surface area contributed by atoms with Crippen molar-refractivity contribution in [3.8, 4) is 0 Å². The van der Waals surface area contributed by atoms with Crippen molar-refractivity contribution < 1.29 is 18.0 Å². The van der Waals surface area contributed by atoms with E-state index < -0.39 is 12.1 Å². The van der Waals surface area contributed by atoms with E-state index in [-0.39, 0.29) is 24.8 Å². The Kier molecular flexibility index (Phi) is 5.14. The Hall–Kier alpha value is -1.23. The van der Waals surface area contributed by atoms with Crippen LogP contribution in [-0.4, -0.2) is 18.1 Å². The van der Waals surface area contributed by atoms with Gasteiger partial charge in [0.05, 0.1) is 5.92 Å². The zero-order valence-electron chi connectivity index (χ0n) is 11.4. The minimum Gasteiger partial charge on any atom is -0.349 e. The second kappa shape index (κ2) is 6.69. The van der Waals surface area contributed by atoms with Crippen molar-refractivity contribution in [1.29, 1.82) is 0 Å². The summed E-state index contributed by atoms with van der Waals surface area (Å²) in [5.74, 6) is -1.09. The largest absolute Gasteiger partial charge is 0.391 e. The Morgan fingerprint density at radius 2 is 1.71 bits per heavy atom. The molecule has 0 heterocycles. The first-order valence-corrected chi connectivity index (χ1v) is 7.46. The average Bonchev–Trinajstić information content (AvgIpc) is 2.47. The van der Waals surface area contributed by atoms with E-state index in [1.54, 1.807) is 24.3 Å². The monoisotopic (exact) mass is 319 g/mol. The SMILES string of the molecule is O=C(NC1CCC(C(F)(F)F)CC1)c1ccc(CCl)cc1. The summed E-state index contributed by atoms with van der Waals surface area (Å²) in [4.78, 5) is 12.0. The van der Waals surface area contributed by atoms with Gasteiger partial charge < -0.3 is 5.32 Å². The van der Waals surface area contributed by atoms with Crippen LogP contribution in [0.2, 0.25) is 0 Å². The van der Waals surface area contributed by atoms with Gasteiger partial charge in [0, 0.05) is 17.5 Å². The number of amides is 1. The molecule has 0 atom stereocenters. The topological polar surface area (TPSA) is 29.1 Å². The van der Waals surface area contributed by atoms with Crippen molar-refractivity contribution in [3.05, 3.63) is 35.4 Å². The van der Waals surface area contributed by atoms with Crippen molar-refractivity contribution in [1.82, 2.24) is 5.32 Å². The highest BCUT2D eigenvalue weighted by Gasteiger charge is 2.41. The quantitative estimate of drug-likeness (QED) is 0.828. The second-order valence-electron chi connectivity index (χ2n) is 5.39. The van der Waals surface area contributed by atoms with Crippen LogP contribution in [0.5, 0.6) is 0 Å². The molecule has 0 saturated heterocycles. The van der Waals surface area contributed by atoms with Gasteiger partial charge in [-0.15, -0.1) is 11.6 Å². The molecule has 1 aromatic rings. The zero-order valence-corrected chi connectivity index (χ0v) is 12.2. The van der Waals surface area contributed by atoms with Gasteiger partial charge in [0.25, 0.3) is 5.91 Å². The third kappa shape index (κ3) is 4.37. The number of rotatable bonds is 3. The Labute approximate surface area is 126 Å². The van der Waals surface area contributed by atoms with Crippen molar-refractivity contribution >= 4 is 17.5 Å². The van der Waals surface area contributed by atoms with Crippen LogP contribution in [0.4, 0.5) is 13.2 Å². The van der Waals surface area contributed by atoms with E-state index in [1.807, 2.05) is 0 Å². The first-order chi connectivity index (χ1) is 9.90. The molecule has 0 spiro atoms. The van der Waals surface area contributed by atoms with Crippen LogP contribution in [0, 0.1) is 5.92 Å². The Morgan fingerprint density at radius 3 is 2.19 bits per heavy atom. The maximum Gasteiger partial charge on any atom is 0.391 e. The summed E-state index contributed by atoms with van der Waals surface area (Å²) >= 11 is 5.67. The molecule has 0 radical (unpaired) electrons. The van der Waals surface area contributed by atoms with E-state index in [2.05, 4.69) is 5.32 Å². The maximum atomic E-state index is 12.6. The summed E-state index contributed by atoms with van der Waals surface area (Å²) in [7, 11) is 0. The van der Waals surface area contributed by atoms with Crippen LogP contribution in [0.3, 0.4) is 0 Å². The molecule has 0 unspecified atom stereocenters. The average molecular weight is 320 g/mol. The fourth-order valence-electron chi connectivity index (χ4n) is 2.58. The lowest BCUT2D eigenvalue weighted by molar-refractivity contribution is -0.182. The fraction of sp³-hybridized carbons (Fsp3) is 0.533. The van der Waals surface area contributed by atoms with Crippen molar-refractivity contribution in [2.75, 3.05) is 0 Å². The van der Waals surface area contributed by atoms with E-state index in [4.69, 9.17) is 11.6 Å². The molecule has 1 aliphatic carbocycles. The number of carbonyl (C=O) groups excluding carboxylic acids is 1. The molecule has 6 heteroatoms. The smallest absolute Gasteiger partial charge is 0.349 e. The Balaban J connectivity index is 1.86. The number of halogens is 4. The van der Waals surface area contributed by atoms with E-state index in [0.717, 1.165) is 5.56 Å². The van der Waals surface area contributed by atoms with E-state index in [0.29, 0.717) is 24.3 Å². The van der Waals surface area contributed by atoms with Gasteiger partial charge in [-0.1, -0.05) is 12.1 Å². The Morgan fingerprint density at radius 1 is 1.14 bits per heavy atom. The third-order valence-electron chi connectivity index (χ3n) is 3.90. The van der Waals surface area contributed by atoms with Crippen molar-refractivity contribution in [2.24, 2.45) is 5.92 Å². The van der Waals surface area contributed by atoms with Crippen LogP contribution >= 0.6 is 11.6 Å². The molecule has 116 valence electrons. The van der Waals surface area contributed by atoms with Gasteiger partial charge in [-0.05, 0) is 43.4 Å². The molecule has 2 nitrogen and oxygen atoms in total. The van der Waals surface area contributed by atoms with Crippen LogP contribution < -0.4 is 5.32 Å². The number of nitrogens with one attached hydrogen (secondary N) is 1. The summed E-state index contributed by atoms with van der Waals surface area (Å²) < 4.78 is 37.7. The summed E-state index contributed by atoms with van der Waals surface area (Å²) in [5.41, 5.74) is 1.42. The molecule has 1 N–H and O–H groups in total. The van der Waals surface area contributed by atoms with Gasteiger partial charge in [-0.25, -0.2) is 0 Å². The highest BCUT2D eigenvalue weighted by Crippen LogP contribution is 2.37. The lowest BCUT2D eigenvalue weighted by atomic mass is 9.85. The highest BCUT2D eigenvalue weighted by molar-refractivity contribution is 6.17. The van der Waals surface area contributed by atoms with Gasteiger partial charge in [-0.3, -0.25) is 4.79 Å². The summed E-state index contributed by atoms with van der Waals surface area (Å²) in [6.07, 6.45) is -3.21. The number of hydrogen-bond acceptors (Lipinski definition) is 1. The molecule has 0 aromatic heterocycles. The third-order valence-corrected chi connectivity index (χ3v) is 4.20. The van der Waals surface area contributed by atoms with Crippen molar-refractivity contribution in [2.45, 2.75) is 43.8 Å². The number of benzene rings is 1. The number of alkyl halides is 4. The minimum absolute atomic E-state index is 0.0830. The molecular weight excluding hydrogens is 303 g/mol. The highest BCUT2D eigenvalue weighted by atomic mass is 35.5. The fourth-order valence-corrected chi connectivity index (χ4v) is 2.76. The van der Waals surface area contributed by atoms with Gasteiger partial charge in [0.2, 0.25) is 0 Å². The minimum atomic E-state index is -4.12. The van der Waals surface area contributed by atoms with Crippen LogP contribution in [0.15, 0.2) is 24.3 Å². The Bertz CT molecular complexity index is 479. The van der Waals surface area contributed by atoms with E-state index >= 15 is 0 Å². The predicted octanol–water partition coefficient (Wildman–Crippen LogP) is 4.28. The second-order valence-corrected chi connectivity index (χ2v) is 5.66. The van der Waals surface area contributed by atoms with E-state index in [1.165, 1.54) is 0 Å². The zero-order chi connectivity index (χ0) is 15.5. The van der Waals surface area contributed by atoms with Crippen LogP contribution in [-0.2, 0) is 5.88 Å². The molecule has 1 aliphatic rings. The molecule has 0 aliphatic heterocycles. The molecule has 1 amide bonds. The maximum absolute atomic E-state index is 12.6. The van der Waals surface area contributed by atoms with Gasteiger partial charge in [0.15, 0.2) is 0 Å². The van der Waals surface area contributed by atoms with Gasteiger partial charge in [0.1, 0.15) is 0 Å². The van der Waals surface area contributed by atoms with Crippen molar-refractivity contribution in [3.63, 3.8) is 0 Å². The normalized spacial score (nSPS) is 22.9.